The maximum atomic E-state index is 11.9. The SMILES string of the molecule is CC(C)(C)OC(=O)C1(C(=O)O)C=CC(N)C1. The van der Waals surface area contributed by atoms with Gasteiger partial charge in [0.15, 0.2) is 5.41 Å². The van der Waals surface area contributed by atoms with Crippen molar-refractivity contribution in [1.82, 2.24) is 0 Å². The third-order valence-electron chi connectivity index (χ3n) is 2.33. The van der Waals surface area contributed by atoms with Gasteiger partial charge in [-0.1, -0.05) is 12.2 Å². The number of esters is 1. The lowest BCUT2D eigenvalue weighted by molar-refractivity contribution is -0.173. The fraction of sp³-hybridized carbons (Fsp3) is 0.636. The van der Waals surface area contributed by atoms with Gasteiger partial charge in [-0.25, -0.2) is 0 Å². The van der Waals surface area contributed by atoms with Gasteiger partial charge < -0.3 is 15.6 Å². The molecule has 0 aromatic heterocycles. The minimum absolute atomic E-state index is 0.0528. The number of rotatable bonds is 2. The van der Waals surface area contributed by atoms with Crippen LogP contribution in [0, 0.1) is 5.41 Å². The van der Waals surface area contributed by atoms with E-state index >= 15 is 0 Å². The first kappa shape index (κ1) is 12.7. The van der Waals surface area contributed by atoms with E-state index in [4.69, 9.17) is 15.6 Å². The number of carbonyl (C=O) groups excluding carboxylic acids is 1. The molecule has 0 saturated heterocycles. The van der Waals surface area contributed by atoms with Gasteiger partial charge >= 0.3 is 11.9 Å². The minimum atomic E-state index is -1.62. The summed E-state index contributed by atoms with van der Waals surface area (Å²) < 4.78 is 5.11. The second-order valence-electron chi connectivity index (χ2n) is 5.01. The zero-order valence-electron chi connectivity index (χ0n) is 9.69. The van der Waals surface area contributed by atoms with Crippen molar-refractivity contribution < 1.29 is 19.4 Å². The number of carboxylic acids is 1. The van der Waals surface area contributed by atoms with Crippen molar-refractivity contribution in [1.29, 1.82) is 0 Å². The van der Waals surface area contributed by atoms with Gasteiger partial charge in [0.25, 0.3) is 0 Å². The number of aliphatic carboxylic acids is 1. The molecule has 3 N–H and O–H groups in total. The molecular formula is C11H17NO4. The van der Waals surface area contributed by atoms with E-state index < -0.39 is 29.0 Å². The van der Waals surface area contributed by atoms with E-state index in [2.05, 4.69) is 0 Å². The molecule has 2 atom stereocenters. The zero-order chi connectivity index (χ0) is 12.6. The standard InChI is InChI=1S/C11H17NO4/c1-10(2,3)16-9(15)11(8(13)14)5-4-7(12)6-11/h4-5,7H,6,12H2,1-3H3,(H,13,14). The Morgan fingerprint density at radius 3 is 2.38 bits per heavy atom. The van der Waals surface area contributed by atoms with Gasteiger partial charge in [-0.3, -0.25) is 9.59 Å². The number of nitrogens with two attached hydrogens (primary N) is 1. The number of ether oxygens (including phenoxy) is 1. The van der Waals surface area contributed by atoms with Crippen molar-refractivity contribution in [2.24, 2.45) is 11.1 Å². The lowest BCUT2D eigenvalue weighted by atomic mass is 9.87. The molecule has 16 heavy (non-hydrogen) atoms. The summed E-state index contributed by atoms with van der Waals surface area (Å²) in [5.74, 6) is -1.97. The van der Waals surface area contributed by atoms with E-state index in [9.17, 15) is 9.59 Å². The Bertz CT molecular complexity index is 342. The lowest BCUT2D eigenvalue weighted by Crippen LogP contribution is -2.42. The van der Waals surface area contributed by atoms with E-state index in [1.165, 1.54) is 12.2 Å². The minimum Gasteiger partial charge on any atom is -0.480 e. The van der Waals surface area contributed by atoms with Crippen LogP contribution in [0.1, 0.15) is 27.2 Å². The summed E-state index contributed by atoms with van der Waals surface area (Å²) in [6.45, 7) is 5.08. The smallest absolute Gasteiger partial charge is 0.328 e. The van der Waals surface area contributed by atoms with Gasteiger partial charge in [0.2, 0.25) is 0 Å². The quantitative estimate of drug-likeness (QED) is 0.411. The Hall–Kier alpha value is -1.36. The van der Waals surface area contributed by atoms with E-state index in [1.54, 1.807) is 20.8 Å². The van der Waals surface area contributed by atoms with Gasteiger partial charge in [0, 0.05) is 6.04 Å². The second kappa shape index (κ2) is 3.90. The fourth-order valence-corrected chi connectivity index (χ4v) is 1.56. The second-order valence-corrected chi connectivity index (χ2v) is 5.01. The van der Waals surface area contributed by atoms with Crippen molar-refractivity contribution in [3.8, 4) is 0 Å². The van der Waals surface area contributed by atoms with Crippen LogP contribution in [0.2, 0.25) is 0 Å². The highest BCUT2D eigenvalue weighted by molar-refractivity contribution is 6.02. The predicted molar refractivity (Wildman–Crippen MR) is 57.6 cm³/mol. The molecule has 0 bridgehead atoms. The van der Waals surface area contributed by atoms with Crippen molar-refractivity contribution in [2.45, 2.75) is 38.8 Å². The molecule has 0 spiro atoms. The summed E-state index contributed by atoms with van der Waals surface area (Å²) in [6.07, 6.45) is 2.91. The van der Waals surface area contributed by atoms with Gasteiger partial charge in [0.1, 0.15) is 5.60 Å². The van der Waals surface area contributed by atoms with Crippen LogP contribution in [0.15, 0.2) is 12.2 Å². The first-order chi connectivity index (χ1) is 7.17. The summed E-state index contributed by atoms with van der Waals surface area (Å²) in [7, 11) is 0. The molecule has 0 radical (unpaired) electrons. The van der Waals surface area contributed by atoms with E-state index in [0.717, 1.165) is 0 Å². The lowest BCUT2D eigenvalue weighted by Gasteiger charge is -2.27. The maximum absolute atomic E-state index is 11.9. The largest absolute Gasteiger partial charge is 0.480 e. The summed E-state index contributed by atoms with van der Waals surface area (Å²) in [4.78, 5) is 23.0. The Labute approximate surface area is 94.3 Å². The van der Waals surface area contributed by atoms with E-state index in [0.29, 0.717) is 0 Å². The molecule has 0 amide bonds. The first-order valence-corrected chi connectivity index (χ1v) is 5.09. The molecule has 0 aliphatic heterocycles. The molecule has 0 heterocycles. The summed E-state index contributed by atoms with van der Waals surface area (Å²) in [6, 6.07) is -0.413. The van der Waals surface area contributed by atoms with E-state index in [1.807, 2.05) is 0 Å². The van der Waals surface area contributed by atoms with Gasteiger partial charge in [0.05, 0.1) is 0 Å². The van der Waals surface area contributed by atoms with E-state index in [-0.39, 0.29) is 6.42 Å². The normalized spacial score (nSPS) is 29.1. The number of carboxylic acid groups (broad SMARTS) is 1. The molecule has 5 nitrogen and oxygen atoms in total. The molecule has 1 aliphatic rings. The van der Waals surface area contributed by atoms with Crippen molar-refractivity contribution in [2.75, 3.05) is 0 Å². The van der Waals surface area contributed by atoms with Crippen LogP contribution in [0.5, 0.6) is 0 Å². The third-order valence-corrected chi connectivity index (χ3v) is 2.33. The van der Waals surface area contributed by atoms with Crippen molar-refractivity contribution in [3.05, 3.63) is 12.2 Å². The molecule has 1 rings (SSSR count). The van der Waals surface area contributed by atoms with Crippen molar-refractivity contribution in [3.63, 3.8) is 0 Å². The Morgan fingerprint density at radius 1 is 1.50 bits per heavy atom. The van der Waals surface area contributed by atoms with Crippen LogP contribution in [0.25, 0.3) is 0 Å². The number of carbonyl (C=O) groups is 2. The third kappa shape index (κ3) is 2.41. The first-order valence-electron chi connectivity index (χ1n) is 5.09. The summed E-state index contributed by atoms with van der Waals surface area (Å²) >= 11 is 0. The molecule has 0 saturated carbocycles. The number of hydrogen-bond acceptors (Lipinski definition) is 4. The van der Waals surface area contributed by atoms with Crippen molar-refractivity contribution >= 4 is 11.9 Å². The Balaban J connectivity index is 2.93. The number of hydrogen-bond donors (Lipinski definition) is 2. The van der Waals surface area contributed by atoms with Gasteiger partial charge in [-0.2, -0.15) is 0 Å². The molecule has 0 fully saturated rings. The molecular weight excluding hydrogens is 210 g/mol. The monoisotopic (exact) mass is 227 g/mol. The predicted octanol–water partition coefficient (Wildman–Crippen LogP) is 0.686. The van der Waals surface area contributed by atoms with Crippen LogP contribution in [-0.4, -0.2) is 28.7 Å². The summed E-state index contributed by atoms with van der Waals surface area (Å²) in [5, 5.41) is 9.14. The van der Waals surface area contributed by atoms with Crippen LogP contribution < -0.4 is 5.73 Å². The molecule has 1 aliphatic carbocycles. The molecule has 90 valence electrons. The maximum Gasteiger partial charge on any atom is 0.328 e. The van der Waals surface area contributed by atoms with Crippen LogP contribution in [0.3, 0.4) is 0 Å². The Kier molecular flexibility index (Phi) is 3.10. The van der Waals surface area contributed by atoms with Gasteiger partial charge in [-0.15, -0.1) is 0 Å². The molecule has 0 aromatic carbocycles. The average Bonchev–Trinajstić information content (AvgIpc) is 2.45. The highest BCUT2D eigenvalue weighted by Crippen LogP contribution is 2.34. The molecule has 5 heteroatoms. The molecule has 0 aromatic rings. The van der Waals surface area contributed by atoms with Gasteiger partial charge in [-0.05, 0) is 27.2 Å². The van der Waals surface area contributed by atoms with Crippen LogP contribution in [-0.2, 0) is 14.3 Å². The molecule has 2 unspecified atom stereocenters. The average molecular weight is 227 g/mol. The van der Waals surface area contributed by atoms with Crippen LogP contribution >= 0.6 is 0 Å². The Morgan fingerprint density at radius 2 is 2.06 bits per heavy atom. The fourth-order valence-electron chi connectivity index (χ4n) is 1.56. The van der Waals surface area contributed by atoms with Crippen LogP contribution in [0.4, 0.5) is 0 Å². The highest BCUT2D eigenvalue weighted by Gasteiger charge is 2.50. The summed E-state index contributed by atoms with van der Waals surface area (Å²) in [5.41, 5.74) is 3.27. The highest BCUT2D eigenvalue weighted by atomic mass is 16.6. The zero-order valence-corrected chi connectivity index (χ0v) is 9.69. The topological polar surface area (TPSA) is 89.6 Å².